The summed E-state index contributed by atoms with van der Waals surface area (Å²) in [7, 11) is 2.04. The van der Waals surface area contributed by atoms with Gasteiger partial charge in [0.2, 0.25) is 5.91 Å². The number of halogens is 2. The third-order valence-corrected chi connectivity index (χ3v) is 2.77. The Kier molecular flexibility index (Phi) is 11.3. The number of likely N-dealkylation sites (N-methyl/N-ethyl adjacent to an activating group) is 1. The van der Waals surface area contributed by atoms with E-state index in [-0.39, 0.29) is 36.8 Å². The van der Waals surface area contributed by atoms with Gasteiger partial charge in [-0.15, -0.1) is 24.8 Å². The number of piperidine rings is 1. The van der Waals surface area contributed by atoms with Crippen molar-refractivity contribution in [2.45, 2.75) is 38.8 Å². The summed E-state index contributed by atoms with van der Waals surface area (Å²) in [5, 5.41) is 6.24. The van der Waals surface area contributed by atoms with Crippen LogP contribution >= 0.6 is 24.8 Å². The standard InChI is InChI=1S/C11H23N3O.2ClH/c1-9(2)13-11(15)8-14(3)10-4-6-12-7-5-10;;/h9-10,12H,4-8H2,1-3H3,(H,13,15);2*1H. The molecule has 0 saturated carbocycles. The second-order valence-corrected chi connectivity index (χ2v) is 4.62. The summed E-state index contributed by atoms with van der Waals surface area (Å²) in [6.45, 7) is 6.63. The lowest BCUT2D eigenvalue weighted by atomic mass is 10.1. The molecular formula is C11H25Cl2N3O. The van der Waals surface area contributed by atoms with Crippen molar-refractivity contribution in [2.24, 2.45) is 0 Å². The Labute approximate surface area is 117 Å². The summed E-state index contributed by atoms with van der Waals surface area (Å²) >= 11 is 0. The molecule has 2 N–H and O–H groups in total. The van der Waals surface area contributed by atoms with Gasteiger partial charge in [0, 0.05) is 12.1 Å². The molecule has 6 heteroatoms. The first-order chi connectivity index (χ1) is 7.09. The molecule has 1 aliphatic heterocycles. The van der Waals surface area contributed by atoms with Crippen molar-refractivity contribution in [3.63, 3.8) is 0 Å². The van der Waals surface area contributed by atoms with Crippen molar-refractivity contribution >= 4 is 30.7 Å². The van der Waals surface area contributed by atoms with E-state index in [2.05, 4.69) is 15.5 Å². The van der Waals surface area contributed by atoms with E-state index >= 15 is 0 Å². The van der Waals surface area contributed by atoms with E-state index in [1.54, 1.807) is 0 Å². The van der Waals surface area contributed by atoms with Gasteiger partial charge >= 0.3 is 0 Å². The first kappa shape index (κ1) is 19.3. The van der Waals surface area contributed by atoms with Gasteiger partial charge in [0.25, 0.3) is 0 Å². The zero-order valence-electron chi connectivity index (χ0n) is 10.9. The van der Waals surface area contributed by atoms with Crippen LogP contribution in [0.2, 0.25) is 0 Å². The van der Waals surface area contributed by atoms with Crippen LogP contribution in [0.25, 0.3) is 0 Å². The second kappa shape index (κ2) is 9.95. The van der Waals surface area contributed by atoms with Crippen molar-refractivity contribution in [2.75, 3.05) is 26.7 Å². The van der Waals surface area contributed by atoms with Gasteiger partial charge in [-0.1, -0.05) is 0 Å². The summed E-state index contributed by atoms with van der Waals surface area (Å²) in [6, 6.07) is 0.795. The molecule has 1 fully saturated rings. The second-order valence-electron chi connectivity index (χ2n) is 4.62. The number of nitrogens with one attached hydrogen (secondary N) is 2. The van der Waals surface area contributed by atoms with Crippen LogP contribution in [0.15, 0.2) is 0 Å². The van der Waals surface area contributed by atoms with Crippen molar-refractivity contribution in [1.82, 2.24) is 15.5 Å². The fourth-order valence-corrected chi connectivity index (χ4v) is 1.97. The van der Waals surface area contributed by atoms with Crippen LogP contribution in [0, 0.1) is 0 Å². The van der Waals surface area contributed by atoms with Gasteiger partial charge in [-0.05, 0) is 46.8 Å². The first-order valence-corrected chi connectivity index (χ1v) is 5.80. The van der Waals surface area contributed by atoms with Crippen LogP contribution in [-0.2, 0) is 4.79 Å². The molecule has 0 aliphatic carbocycles. The highest BCUT2D eigenvalue weighted by molar-refractivity contribution is 5.85. The van der Waals surface area contributed by atoms with Crippen LogP contribution < -0.4 is 10.6 Å². The Morgan fingerprint density at radius 1 is 1.35 bits per heavy atom. The average molecular weight is 286 g/mol. The van der Waals surface area contributed by atoms with Gasteiger partial charge in [-0.25, -0.2) is 0 Å². The van der Waals surface area contributed by atoms with Gasteiger partial charge in [0.05, 0.1) is 6.54 Å². The Morgan fingerprint density at radius 2 is 1.88 bits per heavy atom. The Hall–Kier alpha value is -0.0300. The van der Waals surface area contributed by atoms with Crippen molar-refractivity contribution in [1.29, 1.82) is 0 Å². The molecule has 1 rings (SSSR count). The fraction of sp³-hybridized carbons (Fsp3) is 0.909. The molecule has 1 aliphatic rings. The van der Waals surface area contributed by atoms with E-state index in [0.29, 0.717) is 12.6 Å². The molecule has 1 saturated heterocycles. The van der Waals surface area contributed by atoms with Crippen molar-refractivity contribution in [3.05, 3.63) is 0 Å². The molecule has 0 spiro atoms. The minimum absolute atomic E-state index is 0. The minimum atomic E-state index is 0. The number of hydrogen-bond donors (Lipinski definition) is 2. The molecular weight excluding hydrogens is 261 g/mol. The summed E-state index contributed by atoms with van der Waals surface area (Å²) in [6.07, 6.45) is 2.29. The molecule has 17 heavy (non-hydrogen) atoms. The minimum Gasteiger partial charge on any atom is -0.353 e. The molecule has 4 nitrogen and oxygen atoms in total. The highest BCUT2D eigenvalue weighted by atomic mass is 35.5. The SMILES string of the molecule is CC(C)NC(=O)CN(C)C1CCNCC1.Cl.Cl. The highest BCUT2D eigenvalue weighted by Crippen LogP contribution is 2.08. The summed E-state index contributed by atoms with van der Waals surface area (Å²) in [5.41, 5.74) is 0. The van der Waals surface area contributed by atoms with Crippen molar-refractivity contribution in [3.8, 4) is 0 Å². The summed E-state index contributed by atoms with van der Waals surface area (Å²) in [4.78, 5) is 13.7. The van der Waals surface area contributed by atoms with E-state index in [9.17, 15) is 4.79 Å². The predicted molar refractivity (Wildman–Crippen MR) is 76.3 cm³/mol. The Balaban J connectivity index is 0. The van der Waals surface area contributed by atoms with Crippen LogP contribution in [0.4, 0.5) is 0 Å². The monoisotopic (exact) mass is 285 g/mol. The number of rotatable bonds is 4. The zero-order valence-corrected chi connectivity index (χ0v) is 12.5. The maximum absolute atomic E-state index is 11.5. The number of amides is 1. The molecule has 0 aromatic rings. The normalized spacial score (nSPS) is 16.3. The van der Waals surface area contributed by atoms with Gasteiger partial charge < -0.3 is 10.6 Å². The lowest BCUT2D eigenvalue weighted by molar-refractivity contribution is -0.123. The Bertz CT molecular complexity index is 209. The first-order valence-electron chi connectivity index (χ1n) is 5.80. The average Bonchev–Trinajstić information content (AvgIpc) is 2.17. The molecule has 1 amide bonds. The maximum Gasteiger partial charge on any atom is 0.234 e. The third-order valence-electron chi connectivity index (χ3n) is 2.77. The quantitative estimate of drug-likeness (QED) is 0.811. The summed E-state index contributed by atoms with van der Waals surface area (Å²) in [5.74, 6) is 0.131. The van der Waals surface area contributed by atoms with Crippen LogP contribution in [0.1, 0.15) is 26.7 Å². The molecule has 104 valence electrons. The van der Waals surface area contributed by atoms with Gasteiger partial charge in [-0.2, -0.15) is 0 Å². The highest BCUT2D eigenvalue weighted by Gasteiger charge is 2.19. The lowest BCUT2D eigenvalue weighted by Gasteiger charge is -2.31. The fourth-order valence-electron chi connectivity index (χ4n) is 1.97. The van der Waals surface area contributed by atoms with E-state index in [0.717, 1.165) is 25.9 Å². The smallest absolute Gasteiger partial charge is 0.234 e. The molecule has 0 radical (unpaired) electrons. The summed E-state index contributed by atoms with van der Waals surface area (Å²) < 4.78 is 0. The number of carbonyl (C=O) groups excluding carboxylic acids is 1. The van der Waals surface area contributed by atoms with Crippen LogP contribution in [-0.4, -0.2) is 49.6 Å². The molecule has 0 atom stereocenters. The number of carbonyl (C=O) groups is 1. The van der Waals surface area contributed by atoms with E-state index in [4.69, 9.17) is 0 Å². The molecule has 0 aromatic heterocycles. The lowest BCUT2D eigenvalue weighted by Crippen LogP contribution is -2.46. The number of nitrogens with zero attached hydrogens (tertiary/aromatic N) is 1. The predicted octanol–water partition coefficient (Wildman–Crippen LogP) is 1.04. The molecule has 1 heterocycles. The van der Waals surface area contributed by atoms with Crippen LogP contribution in [0.5, 0.6) is 0 Å². The van der Waals surface area contributed by atoms with Crippen molar-refractivity contribution < 1.29 is 4.79 Å². The topological polar surface area (TPSA) is 44.4 Å². The Morgan fingerprint density at radius 3 is 2.35 bits per heavy atom. The van der Waals surface area contributed by atoms with E-state index in [1.165, 1.54) is 0 Å². The third kappa shape index (κ3) is 7.82. The molecule has 0 bridgehead atoms. The van der Waals surface area contributed by atoms with E-state index < -0.39 is 0 Å². The van der Waals surface area contributed by atoms with Gasteiger partial charge in [0.1, 0.15) is 0 Å². The largest absolute Gasteiger partial charge is 0.353 e. The van der Waals surface area contributed by atoms with E-state index in [1.807, 2.05) is 20.9 Å². The molecule has 0 aromatic carbocycles. The van der Waals surface area contributed by atoms with Gasteiger partial charge in [-0.3, -0.25) is 9.69 Å². The maximum atomic E-state index is 11.5. The zero-order chi connectivity index (χ0) is 11.3. The van der Waals surface area contributed by atoms with Gasteiger partial charge in [0.15, 0.2) is 0 Å². The van der Waals surface area contributed by atoms with Crippen LogP contribution in [0.3, 0.4) is 0 Å². The number of hydrogen-bond acceptors (Lipinski definition) is 3. The molecule has 0 unspecified atom stereocenters.